The quantitative estimate of drug-likeness (QED) is 0.413. The summed E-state index contributed by atoms with van der Waals surface area (Å²) in [4.78, 5) is 0. The summed E-state index contributed by atoms with van der Waals surface area (Å²) in [6.45, 7) is 6.87. The molecule has 0 aromatic carbocycles. The van der Waals surface area contributed by atoms with Crippen LogP contribution in [-0.2, 0) is 0 Å². The van der Waals surface area contributed by atoms with Crippen molar-refractivity contribution in [1.82, 2.24) is 0 Å². The maximum atomic E-state index is 2.32. The van der Waals surface area contributed by atoms with E-state index in [9.17, 15) is 0 Å². The molecule has 0 heteroatoms. The molecule has 0 fully saturated rings. The minimum atomic E-state index is 0.872. The number of hydrogen-bond acceptors (Lipinski definition) is 0. The van der Waals surface area contributed by atoms with Crippen LogP contribution in [0, 0.1) is 5.92 Å². The number of allylic oxidation sites excluding steroid dienone is 2. The summed E-state index contributed by atoms with van der Waals surface area (Å²) >= 11 is 0. The molecule has 64 valence electrons. The predicted molar refractivity (Wildman–Crippen MR) is 50.6 cm³/mol. The van der Waals surface area contributed by atoms with Gasteiger partial charge < -0.3 is 0 Å². The second-order valence-electron chi connectivity index (χ2n) is 3.74. The van der Waals surface area contributed by atoms with Gasteiger partial charge in [0, 0.05) is 0 Å². The predicted octanol–water partition coefficient (Wildman–Crippen LogP) is 3.92. The van der Waals surface area contributed by atoms with Crippen LogP contribution in [0.3, 0.4) is 0 Å². The first-order valence-corrected chi connectivity index (χ1v) is 4.97. The van der Waals surface area contributed by atoms with E-state index in [4.69, 9.17) is 0 Å². The van der Waals surface area contributed by atoms with E-state index in [0.717, 1.165) is 5.92 Å². The summed E-state index contributed by atoms with van der Waals surface area (Å²) in [7, 11) is 0. The van der Waals surface area contributed by atoms with Crippen LogP contribution in [0.25, 0.3) is 0 Å². The van der Waals surface area contributed by atoms with Crippen molar-refractivity contribution in [2.45, 2.75) is 52.9 Å². The molecule has 0 N–H and O–H groups in total. The molecule has 1 unspecified atom stereocenters. The molecule has 0 saturated carbocycles. The molecule has 0 radical (unpaired) electrons. The van der Waals surface area contributed by atoms with Crippen molar-refractivity contribution in [3.05, 3.63) is 11.1 Å². The highest BCUT2D eigenvalue weighted by Gasteiger charge is 2.26. The van der Waals surface area contributed by atoms with E-state index >= 15 is 0 Å². The molecule has 0 spiro atoms. The average molecular weight is 152 g/mol. The van der Waals surface area contributed by atoms with Gasteiger partial charge in [0.15, 0.2) is 0 Å². The van der Waals surface area contributed by atoms with Crippen molar-refractivity contribution in [2.24, 2.45) is 5.92 Å². The van der Waals surface area contributed by atoms with Gasteiger partial charge in [0.25, 0.3) is 0 Å². The molecule has 1 atom stereocenters. The molecular weight excluding hydrogens is 132 g/mol. The van der Waals surface area contributed by atoms with Gasteiger partial charge in [-0.15, -0.1) is 0 Å². The largest absolute Gasteiger partial charge is 0.0666 e. The molecule has 0 aromatic heterocycles. The molecular formula is C11H20. The third-order valence-corrected chi connectivity index (χ3v) is 2.90. The number of hydrogen-bond donors (Lipinski definition) is 0. The minimum absolute atomic E-state index is 0.872. The standard InChI is InChI=1S/C11H20/c1-4-5-6-7-8-11-9(2)10(11)3/h9H,4-8H2,1-3H3. The Labute approximate surface area is 70.7 Å². The molecule has 0 heterocycles. The van der Waals surface area contributed by atoms with Gasteiger partial charge in [-0.25, -0.2) is 0 Å². The normalized spacial score (nSPS) is 22.6. The van der Waals surface area contributed by atoms with Crippen LogP contribution in [0.5, 0.6) is 0 Å². The van der Waals surface area contributed by atoms with Gasteiger partial charge in [0.2, 0.25) is 0 Å². The van der Waals surface area contributed by atoms with Gasteiger partial charge in [-0.3, -0.25) is 0 Å². The zero-order valence-corrected chi connectivity index (χ0v) is 8.11. The lowest BCUT2D eigenvalue weighted by molar-refractivity contribution is 0.662. The lowest BCUT2D eigenvalue weighted by atomic mass is 10.1. The fourth-order valence-electron chi connectivity index (χ4n) is 1.71. The van der Waals surface area contributed by atoms with Gasteiger partial charge in [0.1, 0.15) is 0 Å². The Balaban J connectivity index is 1.97. The summed E-state index contributed by atoms with van der Waals surface area (Å²) in [5.74, 6) is 0.872. The van der Waals surface area contributed by atoms with E-state index in [-0.39, 0.29) is 0 Å². The van der Waals surface area contributed by atoms with E-state index in [1.54, 1.807) is 11.1 Å². The van der Waals surface area contributed by atoms with Crippen molar-refractivity contribution < 1.29 is 0 Å². The molecule has 0 amide bonds. The summed E-state index contributed by atoms with van der Waals surface area (Å²) in [6.07, 6.45) is 7.01. The van der Waals surface area contributed by atoms with Crippen LogP contribution in [0.15, 0.2) is 11.1 Å². The Hall–Kier alpha value is -0.260. The lowest BCUT2D eigenvalue weighted by Gasteiger charge is -1.95. The maximum Gasteiger partial charge on any atom is -0.00185 e. The van der Waals surface area contributed by atoms with Gasteiger partial charge in [-0.05, 0) is 25.7 Å². The fraction of sp³-hybridized carbons (Fsp3) is 0.818. The second-order valence-corrected chi connectivity index (χ2v) is 3.74. The van der Waals surface area contributed by atoms with Crippen LogP contribution in [0.4, 0.5) is 0 Å². The van der Waals surface area contributed by atoms with Crippen LogP contribution in [0.1, 0.15) is 52.9 Å². The van der Waals surface area contributed by atoms with E-state index in [0.29, 0.717) is 0 Å². The molecule has 0 saturated heterocycles. The first-order valence-electron chi connectivity index (χ1n) is 4.97. The monoisotopic (exact) mass is 152 g/mol. The van der Waals surface area contributed by atoms with Crippen LogP contribution in [0.2, 0.25) is 0 Å². The average Bonchev–Trinajstić information content (AvgIpc) is 2.55. The number of unbranched alkanes of at least 4 members (excludes halogenated alkanes) is 3. The SMILES string of the molecule is CCCCCCC1=C(C)C1C. The first-order chi connectivity index (χ1) is 5.27. The highest BCUT2D eigenvalue weighted by molar-refractivity contribution is 5.37. The van der Waals surface area contributed by atoms with Crippen molar-refractivity contribution in [2.75, 3.05) is 0 Å². The first kappa shape index (κ1) is 8.83. The lowest BCUT2D eigenvalue weighted by Crippen LogP contribution is -1.77. The molecule has 1 rings (SSSR count). The molecule has 0 aliphatic heterocycles. The third-order valence-electron chi connectivity index (χ3n) is 2.90. The summed E-state index contributed by atoms with van der Waals surface area (Å²) < 4.78 is 0. The van der Waals surface area contributed by atoms with Crippen LogP contribution < -0.4 is 0 Å². The van der Waals surface area contributed by atoms with Gasteiger partial charge in [-0.1, -0.05) is 44.3 Å². The van der Waals surface area contributed by atoms with Crippen LogP contribution in [-0.4, -0.2) is 0 Å². The Morgan fingerprint density at radius 1 is 1.18 bits per heavy atom. The van der Waals surface area contributed by atoms with Gasteiger partial charge in [0.05, 0.1) is 0 Å². The Morgan fingerprint density at radius 2 is 1.82 bits per heavy atom. The summed E-state index contributed by atoms with van der Waals surface area (Å²) in [5, 5.41) is 0. The van der Waals surface area contributed by atoms with Gasteiger partial charge >= 0.3 is 0 Å². The summed E-state index contributed by atoms with van der Waals surface area (Å²) in [6, 6.07) is 0. The molecule has 0 aromatic rings. The van der Waals surface area contributed by atoms with Crippen molar-refractivity contribution in [3.8, 4) is 0 Å². The highest BCUT2D eigenvalue weighted by Crippen LogP contribution is 2.41. The Bertz CT molecular complexity index is 153. The van der Waals surface area contributed by atoms with Crippen molar-refractivity contribution in [3.63, 3.8) is 0 Å². The maximum absolute atomic E-state index is 2.32. The molecule has 0 bridgehead atoms. The zero-order chi connectivity index (χ0) is 8.27. The van der Waals surface area contributed by atoms with E-state index < -0.39 is 0 Å². The third kappa shape index (κ3) is 2.36. The van der Waals surface area contributed by atoms with Crippen LogP contribution >= 0.6 is 0 Å². The summed E-state index contributed by atoms with van der Waals surface area (Å²) in [5.41, 5.74) is 3.42. The zero-order valence-electron chi connectivity index (χ0n) is 8.11. The highest BCUT2D eigenvalue weighted by atomic mass is 14.3. The van der Waals surface area contributed by atoms with Crippen molar-refractivity contribution in [1.29, 1.82) is 0 Å². The van der Waals surface area contributed by atoms with Crippen molar-refractivity contribution >= 4 is 0 Å². The van der Waals surface area contributed by atoms with E-state index in [1.807, 2.05) is 0 Å². The molecule has 1 aliphatic rings. The Kier molecular flexibility index (Phi) is 3.16. The molecule has 0 nitrogen and oxygen atoms in total. The fourth-order valence-corrected chi connectivity index (χ4v) is 1.71. The van der Waals surface area contributed by atoms with E-state index in [1.165, 1.54) is 32.1 Å². The second kappa shape index (κ2) is 3.94. The van der Waals surface area contributed by atoms with Gasteiger partial charge in [-0.2, -0.15) is 0 Å². The molecule has 1 aliphatic carbocycles. The topological polar surface area (TPSA) is 0 Å². The van der Waals surface area contributed by atoms with E-state index in [2.05, 4.69) is 20.8 Å². The number of rotatable bonds is 5. The smallest absolute Gasteiger partial charge is 0.00185 e. The molecule has 11 heavy (non-hydrogen) atoms. The Morgan fingerprint density at radius 3 is 2.27 bits per heavy atom. The minimum Gasteiger partial charge on any atom is -0.0666 e.